The summed E-state index contributed by atoms with van der Waals surface area (Å²) in [6, 6.07) is 16.6. The summed E-state index contributed by atoms with van der Waals surface area (Å²) in [7, 11) is 0. The molecule has 4 atom stereocenters. The minimum Gasteiger partial charge on any atom is -0.393 e. The van der Waals surface area contributed by atoms with Crippen LogP contribution in [0.1, 0.15) is 117 Å². The number of β-amino-alcohol motifs (C(OH)–C–C–N with tert-alkyl or cyclic N) is 1. The summed E-state index contributed by atoms with van der Waals surface area (Å²) < 4.78 is 1.12. The van der Waals surface area contributed by atoms with Crippen molar-refractivity contribution in [3.05, 3.63) is 81.7 Å². The number of rotatable bonds is 4. The first-order valence-corrected chi connectivity index (χ1v) is 17.5. The van der Waals surface area contributed by atoms with Crippen LogP contribution in [0, 0.1) is 5.41 Å². The van der Waals surface area contributed by atoms with E-state index in [1.165, 1.54) is 37.7 Å². The summed E-state index contributed by atoms with van der Waals surface area (Å²) in [5.41, 5.74) is 2.97. The number of aliphatic hydroxyl groups is 2. The molecule has 0 spiro atoms. The van der Waals surface area contributed by atoms with Gasteiger partial charge in [-0.1, -0.05) is 68.2 Å². The van der Waals surface area contributed by atoms with Gasteiger partial charge < -0.3 is 15.1 Å². The molecule has 2 aromatic carbocycles. The van der Waals surface area contributed by atoms with Gasteiger partial charge in [0.15, 0.2) is 0 Å². The van der Waals surface area contributed by atoms with Crippen molar-refractivity contribution in [3.63, 3.8) is 0 Å². The normalized spacial score (nSPS) is 29.4. The number of nitrogens with zero attached hydrogens (tertiary/aromatic N) is 1. The first kappa shape index (κ1) is 30.7. The minimum absolute atomic E-state index is 0.0666. The van der Waals surface area contributed by atoms with E-state index in [2.05, 4.69) is 55.2 Å². The third kappa shape index (κ3) is 6.42. The number of benzene rings is 2. The van der Waals surface area contributed by atoms with Gasteiger partial charge in [-0.15, -0.1) is 11.3 Å². The Morgan fingerprint density at radius 1 is 1.00 bits per heavy atom. The number of likely N-dealkylation sites (tertiary alicyclic amines) is 1. The van der Waals surface area contributed by atoms with Crippen molar-refractivity contribution in [2.24, 2.45) is 5.41 Å². The zero-order chi connectivity index (χ0) is 30.0. The van der Waals surface area contributed by atoms with E-state index in [4.69, 9.17) is 0 Å². The third-order valence-corrected chi connectivity index (χ3v) is 12.1. The van der Waals surface area contributed by atoms with E-state index >= 15 is 0 Å². The highest BCUT2D eigenvalue weighted by Gasteiger charge is 2.57. The van der Waals surface area contributed by atoms with Gasteiger partial charge in [-0.3, -0.25) is 4.79 Å². The molecule has 2 fully saturated rings. The number of carbonyl (C=O) groups is 1. The molecule has 7 rings (SSSR count). The van der Waals surface area contributed by atoms with E-state index in [0.717, 1.165) is 76.8 Å². The highest BCUT2D eigenvalue weighted by Crippen LogP contribution is 2.59. The molecule has 2 bridgehead atoms. The fourth-order valence-corrected chi connectivity index (χ4v) is 9.28. The Morgan fingerprint density at radius 2 is 1.77 bits per heavy atom. The van der Waals surface area contributed by atoms with Crippen molar-refractivity contribution in [1.82, 2.24) is 4.90 Å². The van der Waals surface area contributed by atoms with Crippen LogP contribution in [0.25, 0.3) is 10.1 Å². The molecule has 43 heavy (non-hydrogen) atoms. The lowest BCUT2D eigenvalue weighted by atomic mass is 9.64. The Hall–Kier alpha value is -2.31. The van der Waals surface area contributed by atoms with Crippen LogP contribution in [0.2, 0.25) is 0 Å². The van der Waals surface area contributed by atoms with Crippen LogP contribution in [0.4, 0.5) is 0 Å². The molecule has 2 heterocycles. The van der Waals surface area contributed by atoms with E-state index in [1.807, 2.05) is 18.2 Å². The fourth-order valence-electron chi connectivity index (χ4n) is 8.26. The van der Waals surface area contributed by atoms with Gasteiger partial charge in [-0.05, 0) is 118 Å². The number of ketones is 1. The molecule has 0 unspecified atom stereocenters. The van der Waals surface area contributed by atoms with Crippen molar-refractivity contribution in [2.45, 2.75) is 109 Å². The molecule has 4 aliphatic rings. The van der Waals surface area contributed by atoms with Crippen LogP contribution in [-0.4, -0.2) is 52.2 Å². The van der Waals surface area contributed by atoms with Crippen LogP contribution in [-0.2, 0) is 6.42 Å². The molecule has 3 aliphatic carbocycles. The lowest BCUT2D eigenvalue weighted by Crippen LogP contribution is -2.53. The Labute approximate surface area is 261 Å². The summed E-state index contributed by atoms with van der Waals surface area (Å²) in [6.45, 7) is 7.33. The van der Waals surface area contributed by atoms with Gasteiger partial charge in [0.25, 0.3) is 0 Å². The van der Waals surface area contributed by atoms with Crippen molar-refractivity contribution in [3.8, 4) is 0 Å². The second kappa shape index (κ2) is 13.0. The van der Waals surface area contributed by atoms with Crippen molar-refractivity contribution < 1.29 is 15.0 Å². The second-order valence-electron chi connectivity index (χ2n) is 14.0. The summed E-state index contributed by atoms with van der Waals surface area (Å²) in [5.74, 6) is 0.146. The maximum atomic E-state index is 14.4. The molecule has 3 aromatic rings. The summed E-state index contributed by atoms with van der Waals surface area (Å²) >= 11 is 1.56. The van der Waals surface area contributed by atoms with Crippen LogP contribution >= 0.6 is 11.3 Å². The van der Waals surface area contributed by atoms with Crippen molar-refractivity contribution in [1.29, 1.82) is 0 Å². The monoisotopic (exact) mass is 599 g/mol. The molecule has 1 saturated carbocycles. The molecule has 1 aliphatic heterocycles. The standard InChI is InChI=1S/C38H49NO3S/c1-27-11-10-19-37(2)33(18-20-38(37,42)26-39-21-8-4-3-5-9-22-39)31-17-15-28(23-30(40)16-14-27)24-32(31)36(41)35-25-29-12-6-7-13-34(29)43-35/h6-7,11-13,15,17,24-25,30,33,40,42H,3-5,8-10,14,16,18-23,26H2,1-2H3/t30-,33-,37-,38+/m0/s1. The molecule has 0 radical (unpaired) electrons. The van der Waals surface area contributed by atoms with Gasteiger partial charge in [-0.2, -0.15) is 0 Å². The average molecular weight is 600 g/mol. The van der Waals surface area contributed by atoms with Crippen LogP contribution in [0.15, 0.2) is 60.2 Å². The van der Waals surface area contributed by atoms with E-state index in [1.54, 1.807) is 11.3 Å². The lowest BCUT2D eigenvalue weighted by molar-refractivity contribution is -0.0843. The second-order valence-corrected chi connectivity index (χ2v) is 15.1. The molecule has 1 saturated heterocycles. The third-order valence-electron chi connectivity index (χ3n) is 11.0. The van der Waals surface area contributed by atoms with Crippen LogP contribution in [0.3, 0.4) is 0 Å². The quantitative estimate of drug-likeness (QED) is 0.233. The molecule has 0 amide bonds. The maximum absolute atomic E-state index is 14.4. The van der Waals surface area contributed by atoms with Gasteiger partial charge in [-0.25, -0.2) is 0 Å². The highest BCUT2D eigenvalue weighted by molar-refractivity contribution is 7.21. The summed E-state index contributed by atoms with van der Waals surface area (Å²) in [6.07, 6.45) is 13.7. The summed E-state index contributed by atoms with van der Waals surface area (Å²) in [5, 5.41) is 24.7. The topological polar surface area (TPSA) is 60.8 Å². The molecule has 1 aromatic heterocycles. The molecule has 2 N–H and O–H groups in total. The maximum Gasteiger partial charge on any atom is 0.203 e. The Bertz CT molecular complexity index is 1430. The molecular formula is C38H49NO3S. The van der Waals surface area contributed by atoms with Crippen molar-refractivity contribution in [2.75, 3.05) is 19.6 Å². The fraction of sp³-hybridized carbons (Fsp3) is 0.553. The number of hydrogen-bond donors (Lipinski definition) is 2. The number of fused-ring (bicyclic) bond motifs is 9. The van der Waals surface area contributed by atoms with Gasteiger partial charge in [0.05, 0.1) is 16.6 Å². The zero-order valence-electron chi connectivity index (χ0n) is 26.1. The van der Waals surface area contributed by atoms with Gasteiger partial charge in [0.1, 0.15) is 0 Å². The largest absolute Gasteiger partial charge is 0.393 e. The smallest absolute Gasteiger partial charge is 0.203 e. The number of thiophene rings is 1. The number of allylic oxidation sites excluding steroid dienone is 2. The van der Waals surface area contributed by atoms with E-state index in [0.29, 0.717) is 19.4 Å². The zero-order valence-corrected chi connectivity index (χ0v) is 26.9. The molecular weight excluding hydrogens is 550 g/mol. The predicted molar refractivity (Wildman–Crippen MR) is 178 cm³/mol. The minimum atomic E-state index is -0.817. The average Bonchev–Trinajstić information content (AvgIpc) is 3.52. The molecule has 5 heteroatoms. The van der Waals surface area contributed by atoms with E-state index < -0.39 is 11.7 Å². The highest BCUT2D eigenvalue weighted by atomic mass is 32.1. The lowest BCUT2D eigenvalue weighted by Gasteiger charge is -2.46. The molecule has 230 valence electrons. The van der Waals surface area contributed by atoms with Crippen LogP contribution in [0.5, 0.6) is 0 Å². The van der Waals surface area contributed by atoms with E-state index in [-0.39, 0.29) is 17.1 Å². The SMILES string of the molecule is CC1=CCC[C@@]2(C)[C@@H](CC[C@@]2(O)CN2CCCCCCC2)c2ccc(cc2C(=O)c2cc3ccccc3s2)C[C@@H](O)CC1. The molecule has 4 nitrogen and oxygen atoms in total. The predicted octanol–water partition coefficient (Wildman–Crippen LogP) is 8.44. The Balaban J connectivity index is 1.42. The summed E-state index contributed by atoms with van der Waals surface area (Å²) in [4.78, 5) is 17.7. The van der Waals surface area contributed by atoms with Gasteiger partial charge in [0.2, 0.25) is 5.78 Å². The number of hydrogen-bond acceptors (Lipinski definition) is 5. The number of carbonyl (C=O) groups excluding carboxylic acids is 1. The van der Waals surface area contributed by atoms with Crippen LogP contribution < -0.4 is 0 Å². The Kier molecular flexibility index (Phi) is 9.26. The van der Waals surface area contributed by atoms with Gasteiger partial charge in [0, 0.05) is 22.2 Å². The number of aliphatic hydroxyl groups excluding tert-OH is 1. The first-order valence-electron chi connectivity index (χ1n) is 16.7. The van der Waals surface area contributed by atoms with Gasteiger partial charge >= 0.3 is 0 Å². The van der Waals surface area contributed by atoms with E-state index in [9.17, 15) is 15.0 Å². The Morgan fingerprint density at radius 3 is 2.56 bits per heavy atom. The first-order chi connectivity index (χ1) is 20.8. The van der Waals surface area contributed by atoms with Crippen molar-refractivity contribution >= 4 is 27.2 Å².